The summed E-state index contributed by atoms with van der Waals surface area (Å²) in [6.07, 6.45) is 1.28. The van der Waals surface area contributed by atoms with Crippen LogP contribution >= 0.6 is 11.6 Å². The number of nitro benzene ring substituents is 1. The molecule has 0 saturated carbocycles. The molecule has 4 rings (SSSR count). The van der Waals surface area contributed by atoms with Crippen LogP contribution in [0, 0.1) is 10.1 Å². The van der Waals surface area contributed by atoms with E-state index >= 15 is 0 Å². The Bertz CT molecular complexity index is 1310. The molecule has 0 radical (unpaired) electrons. The quantitative estimate of drug-likeness (QED) is 0.430. The Hall–Kier alpha value is -3.43. The number of amides is 1. The van der Waals surface area contributed by atoms with E-state index in [1.165, 1.54) is 16.4 Å². The number of rotatable bonds is 5. The smallest absolute Gasteiger partial charge is 0.270 e. The predicted molar refractivity (Wildman–Crippen MR) is 122 cm³/mol. The number of nitro groups is 1. The van der Waals surface area contributed by atoms with Crippen LogP contribution in [0.25, 0.3) is 0 Å². The number of hydrogen-bond donors (Lipinski definition) is 1. The van der Waals surface area contributed by atoms with Gasteiger partial charge in [-0.15, -0.1) is 0 Å². The third-order valence-electron chi connectivity index (χ3n) is 5.15. The van der Waals surface area contributed by atoms with E-state index in [1.54, 1.807) is 48.5 Å². The largest absolute Gasteiger partial charge is 0.322 e. The van der Waals surface area contributed by atoms with Crippen LogP contribution in [0.3, 0.4) is 0 Å². The summed E-state index contributed by atoms with van der Waals surface area (Å²) in [4.78, 5) is 23.3. The number of sulfonamides is 1. The lowest BCUT2D eigenvalue weighted by atomic mass is 10.0. The molecule has 0 aromatic heterocycles. The van der Waals surface area contributed by atoms with Crippen LogP contribution in [0.4, 0.5) is 17.1 Å². The van der Waals surface area contributed by atoms with Crippen molar-refractivity contribution in [3.63, 3.8) is 0 Å². The van der Waals surface area contributed by atoms with E-state index < -0.39 is 20.9 Å². The van der Waals surface area contributed by atoms with Crippen LogP contribution in [0.2, 0.25) is 5.02 Å². The van der Waals surface area contributed by atoms with E-state index in [0.29, 0.717) is 30.8 Å². The Morgan fingerprint density at radius 1 is 1.06 bits per heavy atom. The summed E-state index contributed by atoms with van der Waals surface area (Å²) in [6.45, 7) is 0.360. The van der Waals surface area contributed by atoms with Crippen molar-refractivity contribution in [2.45, 2.75) is 17.7 Å². The number of carbonyl (C=O) groups is 1. The number of benzene rings is 3. The number of anilines is 2. The fourth-order valence-corrected chi connectivity index (χ4v) is 5.37. The van der Waals surface area contributed by atoms with E-state index in [2.05, 4.69) is 5.32 Å². The van der Waals surface area contributed by atoms with Gasteiger partial charge in [0.05, 0.1) is 26.1 Å². The van der Waals surface area contributed by atoms with Gasteiger partial charge in [0.25, 0.3) is 21.6 Å². The number of carbonyl (C=O) groups excluding carboxylic acids is 1. The number of nitrogens with one attached hydrogen (secondary N) is 1. The van der Waals surface area contributed by atoms with Crippen LogP contribution in [0.1, 0.15) is 22.3 Å². The molecule has 3 aromatic carbocycles. The second-order valence-electron chi connectivity index (χ2n) is 7.21. The molecule has 0 saturated heterocycles. The van der Waals surface area contributed by atoms with Gasteiger partial charge in [0.2, 0.25) is 0 Å². The van der Waals surface area contributed by atoms with Crippen molar-refractivity contribution in [2.24, 2.45) is 0 Å². The molecule has 0 unspecified atom stereocenters. The van der Waals surface area contributed by atoms with Gasteiger partial charge in [-0.3, -0.25) is 19.2 Å². The first kappa shape index (κ1) is 21.8. The third-order valence-corrected chi connectivity index (χ3v) is 7.31. The molecule has 0 bridgehead atoms. The highest BCUT2D eigenvalue weighted by atomic mass is 35.5. The highest BCUT2D eigenvalue weighted by molar-refractivity contribution is 7.92. The minimum Gasteiger partial charge on any atom is -0.322 e. The molecule has 32 heavy (non-hydrogen) atoms. The molecule has 1 N–H and O–H groups in total. The highest BCUT2D eigenvalue weighted by Gasteiger charge is 2.29. The summed E-state index contributed by atoms with van der Waals surface area (Å²) in [5, 5.41) is 13.8. The number of hydrogen-bond acceptors (Lipinski definition) is 5. The minimum absolute atomic E-state index is 0.0214. The molecular formula is C22H18ClN3O5S. The number of fused-ring (bicyclic) bond motifs is 1. The fraction of sp³-hybridized carbons (Fsp3) is 0.136. The normalized spacial score (nSPS) is 13.3. The van der Waals surface area contributed by atoms with E-state index in [4.69, 9.17) is 11.6 Å². The monoisotopic (exact) mass is 471 g/mol. The van der Waals surface area contributed by atoms with Crippen molar-refractivity contribution >= 4 is 44.6 Å². The SMILES string of the molecule is O=C(Nc1ccc2c(c1)CCCN2S(=O)(=O)c1ccccc1)c1cc([N+](=O)[O-])ccc1Cl. The lowest BCUT2D eigenvalue weighted by Gasteiger charge is -2.31. The molecule has 8 nitrogen and oxygen atoms in total. The summed E-state index contributed by atoms with van der Waals surface area (Å²) < 4.78 is 27.6. The molecule has 0 aliphatic carbocycles. The van der Waals surface area contributed by atoms with Gasteiger partial charge >= 0.3 is 0 Å². The standard InChI is InChI=1S/C22H18ClN3O5S/c23-20-10-9-17(26(28)29)14-19(20)22(27)24-16-8-11-21-15(13-16)5-4-12-25(21)32(30,31)18-6-2-1-3-7-18/h1-3,6-11,13-14H,4-5,12H2,(H,24,27). The van der Waals surface area contributed by atoms with Crippen LogP contribution in [-0.4, -0.2) is 25.8 Å². The maximum atomic E-state index is 13.1. The molecule has 10 heteroatoms. The second kappa shape index (κ2) is 8.60. The first-order valence-electron chi connectivity index (χ1n) is 9.73. The molecular weight excluding hydrogens is 454 g/mol. The van der Waals surface area contributed by atoms with Gasteiger partial charge in [0, 0.05) is 24.4 Å². The zero-order valence-electron chi connectivity index (χ0n) is 16.7. The number of non-ortho nitro benzene ring substituents is 1. The fourth-order valence-electron chi connectivity index (χ4n) is 3.61. The molecule has 3 aromatic rings. The Labute approximate surface area is 189 Å². The highest BCUT2D eigenvalue weighted by Crippen LogP contribution is 2.34. The molecule has 164 valence electrons. The Morgan fingerprint density at radius 3 is 2.53 bits per heavy atom. The van der Waals surface area contributed by atoms with Crippen LogP contribution in [-0.2, 0) is 16.4 Å². The summed E-state index contributed by atoms with van der Waals surface area (Å²) in [5.41, 5.74) is 1.51. The van der Waals surface area contributed by atoms with Gasteiger partial charge < -0.3 is 5.32 Å². The topological polar surface area (TPSA) is 110 Å². The van der Waals surface area contributed by atoms with E-state index in [9.17, 15) is 23.3 Å². The Morgan fingerprint density at radius 2 is 1.81 bits per heavy atom. The maximum absolute atomic E-state index is 13.1. The summed E-state index contributed by atoms with van der Waals surface area (Å²) >= 11 is 6.05. The molecule has 1 heterocycles. The predicted octanol–water partition coefficient (Wildman–Crippen LogP) is 4.64. The third kappa shape index (κ3) is 4.17. The van der Waals surface area contributed by atoms with Gasteiger partial charge in [-0.25, -0.2) is 8.42 Å². The maximum Gasteiger partial charge on any atom is 0.270 e. The summed E-state index contributed by atoms with van der Waals surface area (Å²) in [7, 11) is -3.71. The average Bonchev–Trinajstić information content (AvgIpc) is 2.79. The van der Waals surface area contributed by atoms with E-state index in [-0.39, 0.29) is 21.2 Å². The van der Waals surface area contributed by atoms with Crippen molar-refractivity contribution in [3.8, 4) is 0 Å². The van der Waals surface area contributed by atoms with Crippen molar-refractivity contribution in [2.75, 3.05) is 16.2 Å². The van der Waals surface area contributed by atoms with Gasteiger partial charge in [-0.2, -0.15) is 0 Å². The number of aryl methyl sites for hydroxylation is 1. The second-order valence-corrected chi connectivity index (χ2v) is 9.48. The zero-order chi connectivity index (χ0) is 22.9. The Balaban J connectivity index is 1.62. The van der Waals surface area contributed by atoms with Crippen molar-refractivity contribution < 1.29 is 18.1 Å². The van der Waals surface area contributed by atoms with E-state index in [1.807, 2.05) is 0 Å². The molecule has 0 atom stereocenters. The van der Waals surface area contributed by atoms with Gasteiger partial charge in [-0.1, -0.05) is 29.8 Å². The van der Waals surface area contributed by atoms with Crippen molar-refractivity contribution in [3.05, 3.63) is 93.0 Å². The molecule has 1 aliphatic heterocycles. The lowest BCUT2D eigenvalue weighted by molar-refractivity contribution is -0.384. The molecule has 0 fully saturated rings. The molecule has 1 aliphatic rings. The van der Waals surface area contributed by atoms with Crippen LogP contribution in [0.15, 0.2) is 71.6 Å². The van der Waals surface area contributed by atoms with Gasteiger partial charge in [-0.05, 0) is 54.8 Å². The van der Waals surface area contributed by atoms with Crippen molar-refractivity contribution in [1.82, 2.24) is 0 Å². The zero-order valence-corrected chi connectivity index (χ0v) is 18.3. The summed E-state index contributed by atoms with van der Waals surface area (Å²) in [6, 6.07) is 16.8. The average molecular weight is 472 g/mol. The minimum atomic E-state index is -3.71. The van der Waals surface area contributed by atoms with E-state index in [0.717, 1.165) is 11.6 Å². The number of halogens is 1. The number of nitrogens with zero attached hydrogens (tertiary/aromatic N) is 2. The molecule has 0 spiro atoms. The first-order chi connectivity index (χ1) is 15.3. The van der Waals surface area contributed by atoms with Gasteiger partial charge in [0.1, 0.15) is 0 Å². The lowest BCUT2D eigenvalue weighted by Crippen LogP contribution is -2.35. The van der Waals surface area contributed by atoms with Crippen molar-refractivity contribution in [1.29, 1.82) is 0 Å². The first-order valence-corrected chi connectivity index (χ1v) is 11.6. The molecule has 1 amide bonds. The van der Waals surface area contributed by atoms with Crippen LogP contribution in [0.5, 0.6) is 0 Å². The summed E-state index contributed by atoms with van der Waals surface area (Å²) in [5.74, 6) is -0.594. The van der Waals surface area contributed by atoms with Gasteiger partial charge in [0.15, 0.2) is 0 Å². The Kier molecular flexibility index (Phi) is 5.86. The van der Waals surface area contributed by atoms with Crippen LogP contribution < -0.4 is 9.62 Å².